The molecule has 0 aliphatic carbocycles. The van der Waals surface area contributed by atoms with Crippen molar-refractivity contribution in [3.63, 3.8) is 0 Å². The standard InChI is InChI=1S/C9H11NO6S/c1-2-15-7-16-17(13,14)9-5-3-8(4-6-9)10(11)12/h3-6H,2,7H2,1H3. The fourth-order valence-electron chi connectivity index (χ4n) is 0.983. The van der Waals surface area contributed by atoms with E-state index >= 15 is 0 Å². The quantitative estimate of drug-likeness (QED) is 0.252. The SMILES string of the molecule is CCOCOS(=O)(=O)c1ccc([N+](=O)[O-])cc1. The minimum Gasteiger partial charge on any atom is -0.354 e. The van der Waals surface area contributed by atoms with Gasteiger partial charge in [0, 0.05) is 18.7 Å². The van der Waals surface area contributed by atoms with E-state index in [1.165, 1.54) is 0 Å². The second-order valence-corrected chi connectivity index (χ2v) is 4.55. The van der Waals surface area contributed by atoms with Gasteiger partial charge in [0.1, 0.15) is 0 Å². The smallest absolute Gasteiger partial charge is 0.299 e. The van der Waals surface area contributed by atoms with Crippen molar-refractivity contribution in [2.24, 2.45) is 0 Å². The second kappa shape index (κ2) is 5.71. The first-order valence-electron chi connectivity index (χ1n) is 4.69. The normalized spacial score (nSPS) is 11.4. The number of nitro groups is 1. The summed E-state index contributed by atoms with van der Waals surface area (Å²) in [5, 5.41) is 10.4. The minimum atomic E-state index is -3.92. The summed E-state index contributed by atoms with van der Waals surface area (Å²) in [6.07, 6.45) is 0. The number of nitrogens with zero attached hydrogens (tertiary/aromatic N) is 1. The summed E-state index contributed by atoms with van der Waals surface area (Å²) in [6.45, 7) is 1.65. The average molecular weight is 261 g/mol. The molecule has 0 N–H and O–H groups in total. The highest BCUT2D eigenvalue weighted by Gasteiger charge is 2.16. The van der Waals surface area contributed by atoms with Gasteiger partial charge in [0.05, 0.1) is 9.82 Å². The van der Waals surface area contributed by atoms with Crippen molar-refractivity contribution in [2.75, 3.05) is 13.4 Å². The van der Waals surface area contributed by atoms with Gasteiger partial charge in [-0.25, -0.2) is 4.18 Å². The Morgan fingerprint density at radius 3 is 2.35 bits per heavy atom. The van der Waals surface area contributed by atoms with Crippen LogP contribution in [0.1, 0.15) is 6.92 Å². The Bertz CT molecular complexity index is 481. The highest BCUT2D eigenvalue weighted by Crippen LogP contribution is 2.17. The predicted octanol–water partition coefficient (Wildman–Crippen LogP) is 1.29. The number of nitro benzene ring substituents is 1. The molecule has 17 heavy (non-hydrogen) atoms. The van der Waals surface area contributed by atoms with Crippen LogP contribution in [0.3, 0.4) is 0 Å². The third kappa shape index (κ3) is 3.77. The Balaban J connectivity index is 2.81. The van der Waals surface area contributed by atoms with Crippen LogP contribution in [0.15, 0.2) is 29.2 Å². The summed E-state index contributed by atoms with van der Waals surface area (Å²) >= 11 is 0. The van der Waals surface area contributed by atoms with Crippen molar-refractivity contribution < 1.29 is 22.3 Å². The van der Waals surface area contributed by atoms with Gasteiger partial charge in [0.15, 0.2) is 6.79 Å². The summed E-state index contributed by atoms with van der Waals surface area (Å²) in [5.41, 5.74) is -0.186. The largest absolute Gasteiger partial charge is 0.354 e. The van der Waals surface area contributed by atoms with E-state index in [9.17, 15) is 18.5 Å². The van der Waals surface area contributed by atoms with Gasteiger partial charge in [0.2, 0.25) is 0 Å². The third-order valence-electron chi connectivity index (χ3n) is 1.83. The molecule has 0 heterocycles. The van der Waals surface area contributed by atoms with Crippen molar-refractivity contribution in [2.45, 2.75) is 11.8 Å². The maximum absolute atomic E-state index is 11.5. The molecule has 1 rings (SSSR count). The summed E-state index contributed by atoms with van der Waals surface area (Å²) in [7, 11) is -3.92. The first-order valence-corrected chi connectivity index (χ1v) is 6.10. The molecule has 0 saturated heterocycles. The van der Waals surface area contributed by atoms with Crippen molar-refractivity contribution in [3.05, 3.63) is 34.4 Å². The van der Waals surface area contributed by atoms with E-state index in [1.807, 2.05) is 0 Å². The maximum atomic E-state index is 11.5. The molecular formula is C9H11NO6S. The lowest BCUT2D eigenvalue weighted by molar-refractivity contribution is -0.384. The third-order valence-corrected chi connectivity index (χ3v) is 3.08. The number of rotatable bonds is 6. The number of ether oxygens (including phenoxy) is 1. The van der Waals surface area contributed by atoms with Crippen LogP contribution in [-0.2, 0) is 19.0 Å². The van der Waals surface area contributed by atoms with Crippen LogP contribution in [0, 0.1) is 10.1 Å². The second-order valence-electron chi connectivity index (χ2n) is 2.93. The molecule has 0 atom stereocenters. The number of hydrogen-bond donors (Lipinski definition) is 0. The monoisotopic (exact) mass is 261 g/mol. The van der Waals surface area contributed by atoms with E-state index in [2.05, 4.69) is 4.18 Å². The molecule has 0 bridgehead atoms. The van der Waals surface area contributed by atoms with Crippen LogP contribution in [0.4, 0.5) is 5.69 Å². The first-order chi connectivity index (χ1) is 7.97. The fraction of sp³-hybridized carbons (Fsp3) is 0.333. The van der Waals surface area contributed by atoms with Crippen LogP contribution in [0.25, 0.3) is 0 Å². The zero-order chi connectivity index (χ0) is 12.9. The van der Waals surface area contributed by atoms with Crippen molar-refractivity contribution in [1.82, 2.24) is 0 Å². The topological polar surface area (TPSA) is 95.7 Å². The molecule has 0 spiro atoms. The Kier molecular flexibility index (Phi) is 4.55. The summed E-state index contributed by atoms with van der Waals surface area (Å²) in [4.78, 5) is 9.61. The van der Waals surface area contributed by atoms with Gasteiger partial charge in [-0.3, -0.25) is 10.1 Å². The highest BCUT2D eigenvalue weighted by atomic mass is 32.2. The Morgan fingerprint density at radius 1 is 1.29 bits per heavy atom. The van der Waals surface area contributed by atoms with Crippen molar-refractivity contribution >= 4 is 15.8 Å². The van der Waals surface area contributed by atoms with Gasteiger partial charge >= 0.3 is 0 Å². The minimum absolute atomic E-state index is 0.150. The fourth-order valence-corrected chi connectivity index (χ4v) is 1.78. The highest BCUT2D eigenvalue weighted by molar-refractivity contribution is 7.86. The maximum Gasteiger partial charge on any atom is 0.299 e. The molecule has 0 saturated carbocycles. The van der Waals surface area contributed by atoms with Crippen LogP contribution < -0.4 is 0 Å². The molecule has 0 radical (unpaired) electrons. The molecule has 0 aliphatic rings. The van der Waals surface area contributed by atoms with Gasteiger partial charge in [-0.2, -0.15) is 8.42 Å². The van der Waals surface area contributed by atoms with Gasteiger partial charge in [-0.05, 0) is 19.1 Å². The average Bonchev–Trinajstić information content (AvgIpc) is 2.29. The van der Waals surface area contributed by atoms with Gasteiger partial charge in [0.25, 0.3) is 15.8 Å². The van der Waals surface area contributed by atoms with E-state index in [1.54, 1.807) is 6.92 Å². The lowest BCUT2D eigenvalue weighted by atomic mass is 10.3. The van der Waals surface area contributed by atoms with E-state index in [0.29, 0.717) is 6.61 Å². The van der Waals surface area contributed by atoms with Gasteiger partial charge in [-0.15, -0.1) is 0 Å². The van der Waals surface area contributed by atoms with E-state index < -0.39 is 15.0 Å². The molecule has 7 nitrogen and oxygen atoms in total. The number of hydrogen-bond acceptors (Lipinski definition) is 6. The van der Waals surface area contributed by atoms with E-state index in [-0.39, 0.29) is 17.4 Å². The van der Waals surface area contributed by atoms with Crippen LogP contribution in [-0.4, -0.2) is 26.7 Å². The molecule has 8 heteroatoms. The molecule has 94 valence electrons. The Morgan fingerprint density at radius 2 is 1.88 bits per heavy atom. The lowest BCUT2D eigenvalue weighted by Gasteiger charge is -2.04. The first kappa shape index (κ1) is 13.6. The molecule has 0 unspecified atom stereocenters. The molecule has 0 amide bonds. The Labute approximate surface area is 98.2 Å². The molecule has 0 fully saturated rings. The van der Waals surface area contributed by atoms with Crippen LogP contribution >= 0.6 is 0 Å². The van der Waals surface area contributed by atoms with Crippen molar-refractivity contribution in [1.29, 1.82) is 0 Å². The van der Waals surface area contributed by atoms with Gasteiger partial charge in [-0.1, -0.05) is 0 Å². The summed E-state index contributed by atoms with van der Waals surface area (Å²) in [5.74, 6) is 0. The summed E-state index contributed by atoms with van der Waals surface area (Å²) < 4.78 is 32.3. The number of benzene rings is 1. The molecule has 1 aromatic rings. The summed E-state index contributed by atoms with van der Waals surface area (Å²) in [6, 6.07) is 4.41. The molecular weight excluding hydrogens is 250 g/mol. The zero-order valence-electron chi connectivity index (χ0n) is 9.03. The molecule has 1 aromatic carbocycles. The molecule has 0 aliphatic heterocycles. The molecule has 0 aromatic heterocycles. The predicted molar refractivity (Wildman–Crippen MR) is 57.9 cm³/mol. The number of non-ortho nitro benzene ring substituents is 1. The van der Waals surface area contributed by atoms with Crippen molar-refractivity contribution in [3.8, 4) is 0 Å². The van der Waals surface area contributed by atoms with Crippen LogP contribution in [0.2, 0.25) is 0 Å². The van der Waals surface area contributed by atoms with E-state index in [4.69, 9.17) is 4.74 Å². The lowest BCUT2D eigenvalue weighted by Crippen LogP contribution is -2.09. The Hall–Kier alpha value is -1.51. The van der Waals surface area contributed by atoms with Gasteiger partial charge < -0.3 is 4.74 Å². The zero-order valence-corrected chi connectivity index (χ0v) is 9.85. The van der Waals surface area contributed by atoms with E-state index in [0.717, 1.165) is 24.3 Å². The van der Waals surface area contributed by atoms with Crippen LogP contribution in [0.5, 0.6) is 0 Å².